The zero-order valence-corrected chi connectivity index (χ0v) is 11.6. The third-order valence-electron chi connectivity index (χ3n) is 2.72. The molecule has 2 rings (SSSR count). The van der Waals surface area contributed by atoms with Crippen molar-refractivity contribution in [3.05, 3.63) is 48.0 Å². The molecule has 0 unspecified atom stereocenters. The lowest BCUT2D eigenvalue weighted by molar-refractivity contribution is 0.452. The molecule has 0 aliphatic rings. The number of phenolic OH excluding ortho intramolecular Hbond substituents is 2. The normalized spacial score (nSPS) is 10.4. The lowest BCUT2D eigenvalue weighted by Crippen LogP contribution is -2.01. The van der Waals surface area contributed by atoms with Crippen LogP contribution in [0.25, 0.3) is 0 Å². The zero-order valence-electron chi connectivity index (χ0n) is 10.8. The molecule has 0 saturated carbocycles. The van der Waals surface area contributed by atoms with Gasteiger partial charge in [-0.15, -0.1) is 11.8 Å². The molecule has 0 spiro atoms. The van der Waals surface area contributed by atoms with Gasteiger partial charge >= 0.3 is 0 Å². The first-order valence-electron chi connectivity index (χ1n) is 6.17. The number of hydrogen-bond acceptors (Lipinski definition) is 4. The van der Waals surface area contributed by atoms with E-state index < -0.39 is 0 Å². The van der Waals surface area contributed by atoms with Crippen LogP contribution in [-0.4, -0.2) is 16.0 Å². The highest BCUT2D eigenvalue weighted by molar-refractivity contribution is 7.99. The van der Waals surface area contributed by atoms with Gasteiger partial charge in [-0.05, 0) is 29.5 Å². The van der Waals surface area contributed by atoms with Crippen LogP contribution in [-0.2, 0) is 6.54 Å². The maximum Gasteiger partial charge on any atom is 0.142 e. The van der Waals surface area contributed by atoms with E-state index in [9.17, 15) is 10.2 Å². The van der Waals surface area contributed by atoms with E-state index in [1.54, 1.807) is 23.9 Å². The van der Waals surface area contributed by atoms with Crippen LogP contribution in [0, 0.1) is 0 Å². The summed E-state index contributed by atoms with van der Waals surface area (Å²) in [5, 5.41) is 22.1. The third-order valence-corrected chi connectivity index (χ3v) is 3.72. The van der Waals surface area contributed by atoms with Gasteiger partial charge in [-0.3, -0.25) is 0 Å². The van der Waals surface area contributed by atoms with Crippen molar-refractivity contribution in [3.8, 4) is 11.5 Å². The van der Waals surface area contributed by atoms with Gasteiger partial charge < -0.3 is 15.5 Å². The summed E-state index contributed by atoms with van der Waals surface area (Å²) in [7, 11) is 0. The second-order valence-corrected chi connectivity index (χ2v) is 5.40. The Bertz CT molecular complexity index is 558. The van der Waals surface area contributed by atoms with Crippen molar-refractivity contribution < 1.29 is 10.2 Å². The fraction of sp³-hybridized carbons (Fsp3) is 0.200. The first-order chi connectivity index (χ1) is 9.20. The van der Waals surface area contributed by atoms with Gasteiger partial charge in [-0.1, -0.05) is 25.1 Å². The quantitative estimate of drug-likeness (QED) is 0.441. The molecule has 0 aliphatic carbocycles. The molecule has 0 aliphatic heterocycles. The van der Waals surface area contributed by atoms with E-state index in [1.165, 1.54) is 16.5 Å². The average molecular weight is 275 g/mol. The molecule has 0 atom stereocenters. The number of nitrogens with one attached hydrogen (secondary N) is 1. The second-order valence-electron chi connectivity index (χ2n) is 4.10. The molecule has 19 heavy (non-hydrogen) atoms. The summed E-state index contributed by atoms with van der Waals surface area (Å²) in [6.45, 7) is 2.77. The number of rotatable bonds is 5. The number of aromatic hydroxyl groups is 2. The molecule has 2 aromatic carbocycles. The monoisotopic (exact) mass is 275 g/mol. The van der Waals surface area contributed by atoms with Crippen LogP contribution in [0.4, 0.5) is 5.69 Å². The summed E-state index contributed by atoms with van der Waals surface area (Å²) in [6, 6.07) is 12.8. The number of phenols is 2. The van der Waals surface area contributed by atoms with E-state index in [0.717, 1.165) is 5.75 Å². The van der Waals surface area contributed by atoms with E-state index in [4.69, 9.17) is 0 Å². The maximum atomic E-state index is 9.71. The predicted molar refractivity (Wildman–Crippen MR) is 79.9 cm³/mol. The van der Waals surface area contributed by atoms with Crippen LogP contribution in [0.3, 0.4) is 0 Å². The number of benzene rings is 2. The van der Waals surface area contributed by atoms with Crippen LogP contribution in [0.15, 0.2) is 47.4 Å². The highest BCUT2D eigenvalue weighted by Crippen LogP contribution is 2.29. The zero-order chi connectivity index (χ0) is 13.7. The second kappa shape index (κ2) is 6.38. The Kier molecular flexibility index (Phi) is 4.58. The summed E-state index contributed by atoms with van der Waals surface area (Å²) in [4.78, 5) is 1.25. The van der Waals surface area contributed by atoms with E-state index in [0.29, 0.717) is 12.2 Å². The van der Waals surface area contributed by atoms with Crippen molar-refractivity contribution >= 4 is 17.4 Å². The van der Waals surface area contributed by atoms with Gasteiger partial charge in [-0.25, -0.2) is 0 Å². The fourth-order valence-electron chi connectivity index (χ4n) is 1.81. The third kappa shape index (κ3) is 3.58. The van der Waals surface area contributed by atoms with E-state index in [2.05, 4.69) is 24.4 Å². The first kappa shape index (κ1) is 13.6. The number of thioether (sulfide) groups is 1. The van der Waals surface area contributed by atoms with Crippen LogP contribution in [0.5, 0.6) is 11.5 Å². The molecule has 3 N–H and O–H groups in total. The van der Waals surface area contributed by atoms with E-state index >= 15 is 0 Å². The SMILES string of the molecule is CCSc1ccccc1CNc1ccc(O)cc1O. The molecule has 0 aromatic heterocycles. The standard InChI is InChI=1S/C15H17NO2S/c1-2-19-15-6-4-3-5-11(15)10-16-13-8-7-12(17)9-14(13)18/h3-9,16-18H,2,10H2,1H3. The molecule has 2 aromatic rings. The van der Waals surface area contributed by atoms with E-state index in [1.807, 2.05) is 12.1 Å². The largest absolute Gasteiger partial charge is 0.508 e. The van der Waals surface area contributed by atoms with Gasteiger partial charge in [0.1, 0.15) is 11.5 Å². The molecule has 0 heterocycles. The Morgan fingerprint density at radius 3 is 2.63 bits per heavy atom. The van der Waals surface area contributed by atoms with Gasteiger partial charge in [0.2, 0.25) is 0 Å². The van der Waals surface area contributed by atoms with Crippen molar-refractivity contribution in [1.29, 1.82) is 0 Å². The average Bonchev–Trinajstić information content (AvgIpc) is 2.40. The van der Waals surface area contributed by atoms with Crippen LogP contribution in [0.1, 0.15) is 12.5 Å². The Balaban J connectivity index is 2.10. The van der Waals surface area contributed by atoms with Crippen LogP contribution >= 0.6 is 11.8 Å². The Labute approximate surface area is 117 Å². The fourth-order valence-corrected chi connectivity index (χ4v) is 2.62. The molecule has 0 saturated heterocycles. The summed E-state index contributed by atoms with van der Waals surface area (Å²) in [5.74, 6) is 1.15. The molecule has 0 fully saturated rings. The van der Waals surface area contributed by atoms with Gasteiger partial charge in [0.15, 0.2) is 0 Å². The molecule has 3 nitrogen and oxygen atoms in total. The summed E-state index contributed by atoms with van der Waals surface area (Å²) < 4.78 is 0. The molecular weight excluding hydrogens is 258 g/mol. The van der Waals surface area contributed by atoms with Crippen molar-refractivity contribution in [1.82, 2.24) is 0 Å². The summed E-state index contributed by atoms with van der Waals surface area (Å²) in [6.07, 6.45) is 0. The maximum absolute atomic E-state index is 9.71. The lowest BCUT2D eigenvalue weighted by atomic mass is 10.2. The lowest BCUT2D eigenvalue weighted by Gasteiger charge is -2.11. The molecule has 0 radical (unpaired) electrons. The molecule has 0 bridgehead atoms. The van der Waals surface area contributed by atoms with Crippen molar-refractivity contribution in [2.45, 2.75) is 18.4 Å². The van der Waals surface area contributed by atoms with Crippen LogP contribution < -0.4 is 5.32 Å². The topological polar surface area (TPSA) is 52.5 Å². The minimum atomic E-state index is 0.0561. The molecule has 100 valence electrons. The highest BCUT2D eigenvalue weighted by atomic mass is 32.2. The minimum absolute atomic E-state index is 0.0561. The van der Waals surface area contributed by atoms with Gasteiger partial charge in [0, 0.05) is 17.5 Å². The molecule has 4 heteroatoms. The first-order valence-corrected chi connectivity index (χ1v) is 7.16. The number of anilines is 1. The van der Waals surface area contributed by atoms with Gasteiger partial charge in [0.25, 0.3) is 0 Å². The predicted octanol–water partition coefficient (Wildman–Crippen LogP) is 3.82. The Hall–Kier alpha value is -1.81. The number of hydrogen-bond donors (Lipinski definition) is 3. The minimum Gasteiger partial charge on any atom is -0.508 e. The van der Waals surface area contributed by atoms with E-state index in [-0.39, 0.29) is 11.5 Å². The molecule has 0 amide bonds. The Morgan fingerprint density at radius 1 is 1.11 bits per heavy atom. The highest BCUT2D eigenvalue weighted by Gasteiger charge is 2.04. The molecular formula is C15H17NO2S. The van der Waals surface area contributed by atoms with Crippen molar-refractivity contribution in [2.24, 2.45) is 0 Å². The van der Waals surface area contributed by atoms with Crippen molar-refractivity contribution in [2.75, 3.05) is 11.1 Å². The summed E-state index contributed by atoms with van der Waals surface area (Å²) in [5.41, 5.74) is 1.82. The van der Waals surface area contributed by atoms with Crippen LogP contribution in [0.2, 0.25) is 0 Å². The van der Waals surface area contributed by atoms with Crippen molar-refractivity contribution in [3.63, 3.8) is 0 Å². The van der Waals surface area contributed by atoms with Gasteiger partial charge in [-0.2, -0.15) is 0 Å². The summed E-state index contributed by atoms with van der Waals surface area (Å²) >= 11 is 1.80. The smallest absolute Gasteiger partial charge is 0.142 e. The Morgan fingerprint density at radius 2 is 1.89 bits per heavy atom. The van der Waals surface area contributed by atoms with Gasteiger partial charge in [0.05, 0.1) is 5.69 Å².